The molecule has 3 rings (SSSR count). The maximum Gasteiger partial charge on any atom is 0.475 e. The number of carboxylic acid groups (broad SMARTS) is 3. The highest BCUT2D eigenvalue weighted by Gasteiger charge is 2.39. The lowest BCUT2D eigenvalue weighted by atomic mass is 9.78. The fourth-order valence-electron chi connectivity index (χ4n) is 9.19. The Hall–Kier alpha value is -5.86. The van der Waals surface area contributed by atoms with Crippen molar-refractivity contribution in [2.24, 2.45) is 11.8 Å². The van der Waals surface area contributed by atoms with Crippen LogP contribution in [-0.2, 0) is 54.4 Å². The topological polar surface area (TPSA) is 336 Å². The minimum absolute atomic E-state index is 0.119. The highest BCUT2D eigenvalue weighted by Crippen LogP contribution is 2.21. The Bertz CT molecular complexity index is 2070. The Morgan fingerprint density at radius 1 is 0.632 bits per heavy atom. The molecule has 424 valence electrons. The molecular weight excluding hydrogens is 989 g/mol. The van der Waals surface area contributed by atoms with Gasteiger partial charge in [-0.25, -0.2) is 0 Å². The van der Waals surface area contributed by atoms with Crippen LogP contribution in [0.3, 0.4) is 0 Å². The van der Waals surface area contributed by atoms with Gasteiger partial charge in [-0.15, -0.1) is 0 Å². The summed E-state index contributed by atoms with van der Waals surface area (Å²) >= 11 is 0. The molecule has 1 aromatic rings. The largest absolute Gasteiger partial charge is 0.480 e. The molecule has 2 heterocycles. The summed E-state index contributed by atoms with van der Waals surface area (Å²) in [7, 11) is -1.72. The van der Waals surface area contributed by atoms with E-state index in [0.717, 1.165) is 17.5 Å². The zero-order valence-corrected chi connectivity index (χ0v) is 44.7. The highest BCUT2D eigenvalue weighted by atomic mass is 16.4. The molecule has 24 nitrogen and oxygen atoms in total. The molecule has 2 aliphatic rings. The van der Waals surface area contributed by atoms with Crippen molar-refractivity contribution in [3.05, 3.63) is 35.4 Å². The van der Waals surface area contributed by atoms with E-state index in [0.29, 0.717) is 51.6 Å². The number of carboxylic acids is 3. The average Bonchev–Trinajstić information content (AvgIpc) is 3.85. The second-order valence-corrected chi connectivity index (χ2v) is 20.3. The second-order valence-electron chi connectivity index (χ2n) is 20.3. The first-order chi connectivity index (χ1) is 36.0. The molecule has 9 N–H and O–H groups in total. The van der Waals surface area contributed by atoms with E-state index in [4.69, 9.17) is 0 Å². The van der Waals surface area contributed by atoms with Crippen LogP contribution in [0.15, 0.2) is 24.3 Å². The number of aryl methyl sites for hydroxylation is 2. The Kier molecular flexibility index (Phi) is 28.8. The number of hydrogen-bond donors (Lipinski definition) is 9. The third-order valence-corrected chi connectivity index (χ3v) is 13.7. The number of carbonyl (C=O) groups is 10. The van der Waals surface area contributed by atoms with Gasteiger partial charge in [-0.3, -0.25) is 67.5 Å². The van der Waals surface area contributed by atoms with Crippen molar-refractivity contribution in [2.45, 2.75) is 116 Å². The number of aliphatic carboxylic acids is 3. The van der Waals surface area contributed by atoms with E-state index in [1.54, 1.807) is 33.4 Å². The number of Topliss-reactive ketones (excluding diaryl/α,β-unsaturated/α-hetero) is 2. The molecule has 0 spiro atoms. The van der Waals surface area contributed by atoms with Gasteiger partial charge in [0.1, 0.15) is 6.04 Å². The summed E-state index contributed by atoms with van der Waals surface area (Å²) in [5.41, 5.74) is 2.28. The monoisotopic (exact) mass is 1070 g/mol. The van der Waals surface area contributed by atoms with E-state index < -0.39 is 90.7 Å². The number of nitrogens with zero attached hydrogens (tertiary/aromatic N) is 5. The Morgan fingerprint density at radius 3 is 1.67 bits per heavy atom. The third kappa shape index (κ3) is 25.3. The zero-order valence-electron chi connectivity index (χ0n) is 44.7. The smallest absolute Gasteiger partial charge is 0.475 e. The van der Waals surface area contributed by atoms with Crippen molar-refractivity contribution in [1.82, 2.24) is 45.8 Å². The van der Waals surface area contributed by atoms with Gasteiger partial charge >= 0.3 is 25.0 Å². The first-order valence-corrected chi connectivity index (χ1v) is 26.5. The van der Waals surface area contributed by atoms with Crippen LogP contribution in [0.1, 0.15) is 96.1 Å². The van der Waals surface area contributed by atoms with Gasteiger partial charge < -0.3 is 51.5 Å². The normalized spacial score (nSPS) is 17.6. The summed E-state index contributed by atoms with van der Waals surface area (Å²) in [5.74, 6) is -8.56. The summed E-state index contributed by atoms with van der Waals surface area (Å²) in [6.45, 7) is 7.28. The van der Waals surface area contributed by atoms with Crippen LogP contribution in [0.4, 0.5) is 0 Å². The van der Waals surface area contributed by atoms with Crippen LogP contribution in [0.25, 0.3) is 0 Å². The predicted octanol–water partition coefficient (Wildman–Crippen LogP) is -1.23. The van der Waals surface area contributed by atoms with E-state index >= 15 is 0 Å². The molecule has 1 unspecified atom stereocenters. The minimum Gasteiger partial charge on any atom is -0.480 e. The van der Waals surface area contributed by atoms with E-state index in [-0.39, 0.29) is 116 Å². The molecule has 2 fully saturated rings. The van der Waals surface area contributed by atoms with Crippen molar-refractivity contribution >= 4 is 66.1 Å². The van der Waals surface area contributed by atoms with Gasteiger partial charge in [-0.2, -0.15) is 0 Å². The van der Waals surface area contributed by atoms with Gasteiger partial charge in [-0.05, 0) is 70.3 Å². The molecule has 2 aliphatic heterocycles. The van der Waals surface area contributed by atoms with Crippen LogP contribution < -0.4 is 21.3 Å². The number of ketones is 2. The molecule has 2 saturated heterocycles. The lowest BCUT2D eigenvalue weighted by Gasteiger charge is -2.33. The first kappa shape index (κ1) is 64.4. The highest BCUT2D eigenvalue weighted by molar-refractivity contribution is 6.43. The lowest BCUT2D eigenvalue weighted by Crippen LogP contribution is -2.53. The molecule has 4 atom stereocenters. The average molecular weight is 1070 g/mol. The molecule has 0 saturated carbocycles. The number of amides is 5. The summed E-state index contributed by atoms with van der Waals surface area (Å²) in [6, 6.07) is 6.05. The van der Waals surface area contributed by atoms with E-state index in [1.165, 1.54) is 11.8 Å². The third-order valence-electron chi connectivity index (χ3n) is 13.7. The number of carbonyl (C=O) groups excluding carboxylic acids is 7. The van der Waals surface area contributed by atoms with Crippen molar-refractivity contribution in [3.63, 3.8) is 0 Å². The van der Waals surface area contributed by atoms with Crippen molar-refractivity contribution in [1.29, 1.82) is 0 Å². The molecule has 25 heteroatoms. The molecule has 0 radical (unpaired) electrons. The van der Waals surface area contributed by atoms with E-state index in [1.807, 2.05) is 31.2 Å². The summed E-state index contributed by atoms with van der Waals surface area (Å²) < 4.78 is 0. The summed E-state index contributed by atoms with van der Waals surface area (Å²) in [6.07, 6.45) is 2.85. The Balaban J connectivity index is 1.64. The van der Waals surface area contributed by atoms with Crippen LogP contribution in [0.5, 0.6) is 0 Å². The number of rotatable bonds is 31. The van der Waals surface area contributed by atoms with Crippen molar-refractivity contribution < 1.29 is 73.3 Å². The molecule has 5 amide bonds. The van der Waals surface area contributed by atoms with Crippen molar-refractivity contribution in [2.75, 3.05) is 98.2 Å². The van der Waals surface area contributed by atoms with Gasteiger partial charge in [0.15, 0.2) is 11.6 Å². The fourth-order valence-corrected chi connectivity index (χ4v) is 9.19. The summed E-state index contributed by atoms with van der Waals surface area (Å²) in [4.78, 5) is 136. The first-order valence-electron chi connectivity index (χ1n) is 26.5. The van der Waals surface area contributed by atoms with E-state index in [2.05, 4.69) is 21.3 Å². The number of benzene rings is 1. The molecular formula is C51H82BN9O15. The molecule has 0 aliphatic carbocycles. The van der Waals surface area contributed by atoms with Crippen LogP contribution >= 0.6 is 0 Å². The van der Waals surface area contributed by atoms with Gasteiger partial charge in [-0.1, -0.05) is 43.7 Å². The SMILES string of the molecule is Cc1ccc(CCCC(=O)NCCCCC(NC(=O)CN2CCN(CC(=O)O)CCN(CC(=O)O)CCN(CC(=O)O)CC2)C(=O)CCC(=O)NCC(=O)C[C@H](C(=O)N[C@H](C)C(=O)N2CCC[C@H]2B(O)O)C(C)C)cc1. The lowest BCUT2D eigenvalue weighted by molar-refractivity contribution is -0.140. The van der Waals surface area contributed by atoms with Gasteiger partial charge in [0.05, 0.1) is 44.7 Å². The Morgan fingerprint density at radius 2 is 1.16 bits per heavy atom. The molecule has 76 heavy (non-hydrogen) atoms. The Labute approximate surface area is 445 Å². The number of likely N-dealkylation sites (tertiary alicyclic amines) is 1. The number of nitrogens with one attached hydrogen (secondary N) is 4. The fraction of sp³-hybridized carbons (Fsp3) is 0.686. The van der Waals surface area contributed by atoms with Crippen LogP contribution in [-0.4, -0.2) is 232 Å². The van der Waals surface area contributed by atoms with Gasteiger partial charge in [0, 0.05) is 97.0 Å². The number of hydrogen-bond acceptors (Lipinski definition) is 16. The molecule has 1 aromatic carbocycles. The standard InChI is InChI=1S/C51H82BN9O15/c1-35(2)40(50(73)55-37(4)51(74)61-20-8-11-43(61)52(75)76)29-39(62)30-54-45(65)18-17-42(63)41(10-5-6-19-53-44(64)12-7-9-38-15-13-36(3)14-16-38)56-46(66)31-57-21-23-58(32-47(67)68)25-27-60(34-49(71)72)28-26-59(24-22-57)33-48(69)70/h13-16,35,37,40-41,43,75-76H,5-12,17-34H2,1-4H3,(H,53,64)(H,54,65)(H,55,73)(H,56,66)(H,67,68)(H,69,70)(H,71,72)/t37-,40+,41?,43+/m1/s1. The van der Waals surface area contributed by atoms with Crippen LogP contribution in [0, 0.1) is 18.8 Å². The molecule has 0 bridgehead atoms. The minimum atomic E-state index is -1.72. The quantitative estimate of drug-likeness (QED) is 0.0311. The second kappa shape index (κ2) is 34.0. The summed E-state index contributed by atoms with van der Waals surface area (Å²) in [5, 5.41) is 58.9. The van der Waals surface area contributed by atoms with Crippen LogP contribution in [0.2, 0.25) is 0 Å². The predicted molar refractivity (Wildman–Crippen MR) is 279 cm³/mol. The van der Waals surface area contributed by atoms with Crippen molar-refractivity contribution in [3.8, 4) is 0 Å². The molecule has 0 aromatic heterocycles. The van der Waals surface area contributed by atoms with Gasteiger partial charge in [0.25, 0.3) is 0 Å². The zero-order chi connectivity index (χ0) is 56.3. The maximum atomic E-state index is 13.8. The number of unbranched alkanes of at least 4 members (excludes halogenated alkanes) is 1. The maximum absolute atomic E-state index is 13.8. The van der Waals surface area contributed by atoms with E-state index in [9.17, 15) is 73.3 Å². The van der Waals surface area contributed by atoms with Gasteiger partial charge in [0.2, 0.25) is 29.5 Å².